The van der Waals surface area contributed by atoms with Crippen molar-refractivity contribution in [2.75, 3.05) is 39.5 Å². The number of rotatable bonds is 10. The number of likely N-dealkylation sites (N-methyl/N-ethyl adjacent to an activating group) is 1. The van der Waals surface area contributed by atoms with Crippen molar-refractivity contribution in [2.24, 2.45) is 5.41 Å². The first-order chi connectivity index (χ1) is 8.89. The number of ether oxygens (including phenoxy) is 2. The minimum Gasteiger partial charge on any atom is -0.465 e. The first-order valence-electron chi connectivity index (χ1n) is 6.90. The maximum atomic E-state index is 12.2. The molecule has 0 atom stereocenters. The van der Waals surface area contributed by atoms with E-state index in [2.05, 4.69) is 0 Å². The molecule has 0 rings (SSSR count). The van der Waals surface area contributed by atoms with Gasteiger partial charge in [-0.05, 0) is 34.2 Å². The van der Waals surface area contributed by atoms with Crippen molar-refractivity contribution in [2.45, 2.75) is 34.6 Å². The van der Waals surface area contributed by atoms with E-state index in [1.54, 1.807) is 20.8 Å². The van der Waals surface area contributed by atoms with E-state index in [1.165, 1.54) is 0 Å². The van der Waals surface area contributed by atoms with Gasteiger partial charge in [0, 0.05) is 13.2 Å². The molecule has 0 bridgehead atoms. The van der Waals surface area contributed by atoms with E-state index in [1.807, 2.05) is 18.7 Å². The van der Waals surface area contributed by atoms with Crippen molar-refractivity contribution in [3.8, 4) is 0 Å². The lowest BCUT2D eigenvalue weighted by Crippen LogP contribution is -2.43. The Kier molecular flexibility index (Phi) is 8.59. The third-order valence-electron chi connectivity index (χ3n) is 3.05. The Morgan fingerprint density at radius 2 is 1.74 bits per heavy atom. The number of esters is 1. The van der Waals surface area contributed by atoms with Crippen LogP contribution < -0.4 is 0 Å². The fourth-order valence-corrected chi connectivity index (χ4v) is 1.51. The van der Waals surface area contributed by atoms with Crippen LogP contribution in [0.1, 0.15) is 34.6 Å². The molecule has 0 aromatic heterocycles. The van der Waals surface area contributed by atoms with E-state index in [9.17, 15) is 9.59 Å². The van der Waals surface area contributed by atoms with Gasteiger partial charge in [-0.1, -0.05) is 6.92 Å². The minimum absolute atomic E-state index is 0.121. The van der Waals surface area contributed by atoms with Gasteiger partial charge in [-0.2, -0.15) is 0 Å². The van der Waals surface area contributed by atoms with Gasteiger partial charge in [0.15, 0.2) is 5.78 Å². The Hall–Kier alpha value is -0.940. The molecule has 0 spiro atoms. The van der Waals surface area contributed by atoms with Gasteiger partial charge in [0.2, 0.25) is 0 Å². The van der Waals surface area contributed by atoms with Crippen LogP contribution in [0.5, 0.6) is 0 Å². The number of Topliss-reactive ketones (excluding diaryl/α,β-unsaturated/α-hetero) is 1. The average molecular weight is 273 g/mol. The topological polar surface area (TPSA) is 55.8 Å². The molecule has 0 N–H and O–H groups in total. The van der Waals surface area contributed by atoms with Crippen LogP contribution in [0.15, 0.2) is 0 Å². The summed E-state index contributed by atoms with van der Waals surface area (Å²) in [7, 11) is 0. The maximum Gasteiger partial charge on any atom is 0.319 e. The summed E-state index contributed by atoms with van der Waals surface area (Å²) in [5, 5.41) is 0. The van der Waals surface area contributed by atoms with Gasteiger partial charge in [0.05, 0.1) is 19.8 Å². The quantitative estimate of drug-likeness (QED) is 0.343. The molecule has 0 fully saturated rings. The van der Waals surface area contributed by atoms with Crippen molar-refractivity contribution >= 4 is 11.8 Å². The smallest absolute Gasteiger partial charge is 0.319 e. The first-order valence-corrected chi connectivity index (χ1v) is 6.90. The molecular weight excluding hydrogens is 246 g/mol. The summed E-state index contributed by atoms with van der Waals surface area (Å²) in [6.45, 7) is 12.1. The third kappa shape index (κ3) is 6.16. The molecule has 0 aliphatic carbocycles. The summed E-state index contributed by atoms with van der Waals surface area (Å²) in [5.74, 6) is -0.579. The second kappa shape index (κ2) is 9.04. The van der Waals surface area contributed by atoms with Gasteiger partial charge in [-0.25, -0.2) is 0 Å². The van der Waals surface area contributed by atoms with E-state index in [0.717, 1.165) is 6.54 Å². The summed E-state index contributed by atoms with van der Waals surface area (Å²) in [5.41, 5.74) is -1.09. The predicted octanol–water partition coefficient (Wildman–Crippen LogP) is 1.50. The maximum absolute atomic E-state index is 12.2. The van der Waals surface area contributed by atoms with Crippen LogP contribution in [0, 0.1) is 5.41 Å². The second-order valence-electron chi connectivity index (χ2n) is 4.83. The Morgan fingerprint density at radius 3 is 2.21 bits per heavy atom. The molecule has 0 aliphatic heterocycles. The summed E-state index contributed by atoms with van der Waals surface area (Å²) in [6, 6.07) is 0. The van der Waals surface area contributed by atoms with Crippen molar-refractivity contribution in [3.05, 3.63) is 0 Å². The number of carbonyl (C=O) groups is 2. The zero-order chi connectivity index (χ0) is 14.9. The minimum atomic E-state index is -1.09. The molecule has 19 heavy (non-hydrogen) atoms. The van der Waals surface area contributed by atoms with Crippen LogP contribution in [0.4, 0.5) is 0 Å². The largest absolute Gasteiger partial charge is 0.465 e. The number of ketones is 1. The standard InChI is InChI=1S/C14H27NO4/c1-6-15(9-10-18-7-2)11-12(16)14(4,5)13(17)19-8-3/h6-11H2,1-5H3. The summed E-state index contributed by atoms with van der Waals surface area (Å²) in [4.78, 5) is 25.9. The van der Waals surface area contributed by atoms with E-state index in [-0.39, 0.29) is 18.9 Å². The van der Waals surface area contributed by atoms with Gasteiger partial charge >= 0.3 is 5.97 Å². The molecule has 0 radical (unpaired) electrons. The van der Waals surface area contributed by atoms with Crippen molar-refractivity contribution in [3.63, 3.8) is 0 Å². The van der Waals surface area contributed by atoms with Gasteiger partial charge in [-0.3, -0.25) is 14.5 Å². The van der Waals surface area contributed by atoms with E-state index in [0.29, 0.717) is 19.8 Å². The molecule has 0 unspecified atom stereocenters. The second-order valence-corrected chi connectivity index (χ2v) is 4.83. The molecule has 0 aromatic carbocycles. The van der Waals surface area contributed by atoms with E-state index in [4.69, 9.17) is 9.47 Å². The molecule has 0 amide bonds. The molecule has 112 valence electrons. The van der Waals surface area contributed by atoms with Gasteiger partial charge in [-0.15, -0.1) is 0 Å². The summed E-state index contributed by atoms with van der Waals surface area (Å²) < 4.78 is 10.2. The van der Waals surface area contributed by atoms with Crippen molar-refractivity contribution in [1.82, 2.24) is 4.90 Å². The lowest BCUT2D eigenvalue weighted by atomic mass is 9.88. The van der Waals surface area contributed by atoms with Crippen molar-refractivity contribution in [1.29, 1.82) is 0 Å². The highest BCUT2D eigenvalue weighted by atomic mass is 16.5. The Labute approximate surface area is 116 Å². The predicted molar refractivity (Wildman–Crippen MR) is 74.0 cm³/mol. The molecule has 0 saturated carbocycles. The average Bonchev–Trinajstić information content (AvgIpc) is 2.37. The zero-order valence-corrected chi connectivity index (χ0v) is 12.8. The number of hydrogen-bond donors (Lipinski definition) is 0. The highest BCUT2D eigenvalue weighted by Gasteiger charge is 2.37. The zero-order valence-electron chi connectivity index (χ0n) is 12.8. The SMILES string of the molecule is CCOCCN(CC)CC(=O)C(C)(C)C(=O)OCC. The lowest BCUT2D eigenvalue weighted by molar-refractivity contribution is -0.158. The molecule has 5 nitrogen and oxygen atoms in total. The fraction of sp³-hybridized carbons (Fsp3) is 0.857. The Morgan fingerprint density at radius 1 is 1.11 bits per heavy atom. The fourth-order valence-electron chi connectivity index (χ4n) is 1.51. The first kappa shape index (κ1) is 18.1. The van der Waals surface area contributed by atoms with Crippen LogP contribution in [-0.2, 0) is 19.1 Å². The molecule has 0 aromatic rings. The molecule has 0 aliphatic rings. The molecule has 5 heteroatoms. The molecular formula is C14H27NO4. The highest BCUT2D eigenvalue weighted by Crippen LogP contribution is 2.19. The van der Waals surface area contributed by atoms with Gasteiger partial charge in [0.1, 0.15) is 5.41 Å². The monoisotopic (exact) mass is 273 g/mol. The highest BCUT2D eigenvalue weighted by molar-refractivity contribution is 6.03. The summed E-state index contributed by atoms with van der Waals surface area (Å²) in [6.07, 6.45) is 0. The Bertz CT molecular complexity index is 289. The molecule has 0 saturated heterocycles. The normalized spacial score (nSPS) is 11.7. The van der Waals surface area contributed by atoms with Gasteiger partial charge in [0.25, 0.3) is 0 Å². The van der Waals surface area contributed by atoms with Crippen LogP contribution in [0.3, 0.4) is 0 Å². The number of carbonyl (C=O) groups excluding carboxylic acids is 2. The van der Waals surface area contributed by atoms with E-state index >= 15 is 0 Å². The summed E-state index contributed by atoms with van der Waals surface area (Å²) >= 11 is 0. The lowest BCUT2D eigenvalue weighted by Gasteiger charge is -2.25. The van der Waals surface area contributed by atoms with Gasteiger partial charge < -0.3 is 9.47 Å². The third-order valence-corrected chi connectivity index (χ3v) is 3.05. The Balaban J connectivity index is 4.42. The molecule has 0 heterocycles. The van der Waals surface area contributed by atoms with E-state index < -0.39 is 11.4 Å². The van der Waals surface area contributed by atoms with Crippen LogP contribution >= 0.6 is 0 Å². The number of hydrogen-bond acceptors (Lipinski definition) is 5. The number of nitrogens with zero attached hydrogens (tertiary/aromatic N) is 1. The van der Waals surface area contributed by atoms with Crippen LogP contribution in [0.2, 0.25) is 0 Å². The van der Waals surface area contributed by atoms with Crippen LogP contribution in [-0.4, -0.2) is 56.1 Å². The van der Waals surface area contributed by atoms with Crippen molar-refractivity contribution < 1.29 is 19.1 Å². The van der Waals surface area contributed by atoms with Crippen LogP contribution in [0.25, 0.3) is 0 Å².